The van der Waals surface area contributed by atoms with Crippen LogP contribution in [0.3, 0.4) is 0 Å². The van der Waals surface area contributed by atoms with Crippen molar-refractivity contribution in [2.45, 2.75) is 6.92 Å². The summed E-state index contributed by atoms with van der Waals surface area (Å²) in [5.74, 6) is 0.629. The monoisotopic (exact) mass is 236 g/mol. The molecule has 0 saturated carbocycles. The SMILES string of the molecule is Cc1ccc(C#N)cc1Oc1nccnc1C#N. The molecule has 0 bridgehead atoms. The van der Waals surface area contributed by atoms with Gasteiger partial charge in [0.05, 0.1) is 11.6 Å². The minimum atomic E-state index is 0.110. The molecule has 0 aliphatic carbocycles. The van der Waals surface area contributed by atoms with Gasteiger partial charge < -0.3 is 4.74 Å². The zero-order valence-corrected chi connectivity index (χ0v) is 9.58. The highest BCUT2D eigenvalue weighted by Crippen LogP contribution is 2.25. The molecule has 2 rings (SSSR count). The molecule has 1 aromatic carbocycles. The van der Waals surface area contributed by atoms with Gasteiger partial charge in [-0.1, -0.05) is 6.07 Å². The third-order valence-corrected chi connectivity index (χ3v) is 2.29. The highest BCUT2D eigenvalue weighted by Gasteiger charge is 2.09. The second-order valence-corrected chi connectivity index (χ2v) is 3.52. The van der Waals surface area contributed by atoms with Crippen LogP contribution in [-0.4, -0.2) is 9.97 Å². The van der Waals surface area contributed by atoms with Crippen LogP contribution in [0.15, 0.2) is 30.6 Å². The maximum absolute atomic E-state index is 8.88. The molecule has 0 unspecified atom stereocenters. The molecule has 1 heterocycles. The Morgan fingerprint density at radius 3 is 2.61 bits per heavy atom. The van der Waals surface area contributed by atoms with Gasteiger partial charge in [-0.25, -0.2) is 9.97 Å². The molecule has 0 aliphatic rings. The molecule has 86 valence electrons. The molecule has 1 aromatic heterocycles. The first kappa shape index (κ1) is 11.6. The van der Waals surface area contributed by atoms with Gasteiger partial charge in [0, 0.05) is 12.4 Å². The number of aromatic nitrogens is 2. The highest BCUT2D eigenvalue weighted by atomic mass is 16.5. The summed E-state index contributed by atoms with van der Waals surface area (Å²) in [6.07, 6.45) is 2.86. The van der Waals surface area contributed by atoms with E-state index in [2.05, 4.69) is 9.97 Å². The number of aryl methyl sites for hydroxylation is 1. The van der Waals surface area contributed by atoms with Gasteiger partial charge in [0.1, 0.15) is 11.8 Å². The minimum absolute atomic E-state index is 0.110. The first-order valence-corrected chi connectivity index (χ1v) is 5.14. The van der Waals surface area contributed by atoms with E-state index < -0.39 is 0 Å². The lowest BCUT2D eigenvalue weighted by Crippen LogP contribution is -1.95. The van der Waals surface area contributed by atoms with Gasteiger partial charge in [-0.15, -0.1) is 0 Å². The van der Waals surface area contributed by atoms with E-state index in [9.17, 15) is 0 Å². The van der Waals surface area contributed by atoms with Crippen LogP contribution < -0.4 is 4.74 Å². The predicted molar refractivity (Wildman–Crippen MR) is 62.7 cm³/mol. The van der Waals surface area contributed by atoms with E-state index in [0.29, 0.717) is 11.3 Å². The average molecular weight is 236 g/mol. The van der Waals surface area contributed by atoms with Crippen LogP contribution in [0.4, 0.5) is 0 Å². The number of hydrogen-bond acceptors (Lipinski definition) is 5. The summed E-state index contributed by atoms with van der Waals surface area (Å²) in [4.78, 5) is 7.80. The van der Waals surface area contributed by atoms with Crippen molar-refractivity contribution >= 4 is 0 Å². The number of nitriles is 2. The van der Waals surface area contributed by atoms with Gasteiger partial charge in [-0.05, 0) is 24.6 Å². The molecule has 0 N–H and O–H groups in total. The van der Waals surface area contributed by atoms with E-state index in [1.807, 2.05) is 19.1 Å². The summed E-state index contributed by atoms with van der Waals surface area (Å²) in [7, 11) is 0. The lowest BCUT2D eigenvalue weighted by Gasteiger charge is -2.08. The van der Waals surface area contributed by atoms with Crippen molar-refractivity contribution in [3.8, 4) is 23.8 Å². The molecule has 0 radical (unpaired) electrons. The molecule has 5 nitrogen and oxygen atoms in total. The Hall–Kier alpha value is -2.92. The Morgan fingerprint density at radius 1 is 1.11 bits per heavy atom. The smallest absolute Gasteiger partial charge is 0.256 e. The van der Waals surface area contributed by atoms with E-state index in [1.54, 1.807) is 18.2 Å². The van der Waals surface area contributed by atoms with Gasteiger partial charge >= 0.3 is 0 Å². The molecule has 5 heteroatoms. The lowest BCUT2D eigenvalue weighted by atomic mass is 10.1. The number of benzene rings is 1. The van der Waals surface area contributed by atoms with Crippen molar-refractivity contribution < 1.29 is 4.74 Å². The topological polar surface area (TPSA) is 82.6 Å². The maximum atomic E-state index is 8.88. The summed E-state index contributed by atoms with van der Waals surface area (Å²) in [5, 5.41) is 17.7. The number of nitrogens with zero attached hydrogens (tertiary/aromatic N) is 4. The van der Waals surface area contributed by atoms with E-state index in [0.717, 1.165) is 5.56 Å². The predicted octanol–water partition coefficient (Wildman–Crippen LogP) is 2.32. The number of ether oxygens (including phenoxy) is 1. The van der Waals surface area contributed by atoms with Gasteiger partial charge in [0.25, 0.3) is 5.88 Å². The van der Waals surface area contributed by atoms with Crippen molar-refractivity contribution in [1.82, 2.24) is 9.97 Å². The fraction of sp³-hybridized carbons (Fsp3) is 0.0769. The van der Waals surface area contributed by atoms with E-state index in [-0.39, 0.29) is 11.6 Å². The molecule has 0 atom stereocenters. The van der Waals surface area contributed by atoms with Crippen molar-refractivity contribution in [3.05, 3.63) is 47.4 Å². The van der Waals surface area contributed by atoms with E-state index >= 15 is 0 Å². The Balaban J connectivity index is 2.41. The van der Waals surface area contributed by atoms with Gasteiger partial charge in [-0.2, -0.15) is 10.5 Å². The molecule has 18 heavy (non-hydrogen) atoms. The first-order valence-electron chi connectivity index (χ1n) is 5.14. The van der Waals surface area contributed by atoms with Crippen LogP contribution in [0.2, 0.25) is 0 Å². The van der Waals surface area contributed by atoms with Crippen molar-refractivity contribution in [2.75, 3.05) is 0 Å². The Bertz CT molecular complexity index is 667. The Labute approximate surface area is 104 Å². The fourth-order valence-corrected chi connectivity index (χ4v) is 1.36. The molecule has 0 saturated heterocycles. The minimum Gasteiger partial charge on any atom is -0.436 e. The highest BCUT2D eigenvalue weighted by molar-refractivity contribution is 5.44. The van der Waals surface area contributed by atoms with Gasteiger partial charge in [-0.3, -0.25) is 0 Å². The van der Waals surface area contributed by atoms with Crippen LogP contribution in [0.25, 0.3) is 0 Å². The van der Waals surface area contributed by atoms with E-state index in [1.165, 1.54) is 12.4 Å². The second kappa shape index (κ2) is 4.94. The third-order valence-electron chi connectivity index (χ3n) is 2.29. The van der Waals surface area contributed by atoms with E-state index in [4.69, 9.17) is 15.3 Å². The van der Waals surface area contributed by atoms with Crippen LogP contribution in [0.1, 0.15) is 16.8 Å². The zero-order chi connectivity index (χ0) is 13.0. The second-order valence-electron chi connectivity index (χ2n) is 3.52. The maximum Gasteiger partial charge on any atom is 0.256 e. The average Bonchev–Trinajstić information content (AvgIpc) is 2.42. The fourth-order valence-electron chi connectivity index (χ4n) is 1.36. The Kier molecular flexibility index (Phi) is 3.17. The van der Waals surface area contributed by atoms with Crippen molar-refractivity contribution in [1.29, 1.82) is 10.5 Å². The first-order chi connectivity index (χ1) is 8.74. The van der Waals surface area contributed by atoms with Crippen LogP contribution in [-0.2, 0) is 0 Å². The van der Waals surface area contributed by atoms with Crippen LogP contribution >= 0.6 is 0 Å². The molecular formula is C13H8N4O. The van der Waals surface area contributed by atoms with Crippen molar-refractivity contribution in [3.63, 3.8) is 0 Å². The number of rotatable bonds is 2. The summed E-state index contributed by atoms with van der Waals surface area (Å²) in [6.45, 7) is 1.85. The lowest BCUT2D eigenvalue weighted by molar-refractivity contribution is 0.454. The molecule has 0 aliphatic heterocycles. The largest absolute Gasteiger partial charge is 0.436 e. The molecular weight excluding hydrogens is 228 g/mol. The molecule has 0 amide bonds. The molecule has 0 spiro atoms. The van der Waals surface area contributed by atoms with Crippen LogP contribution in [0.5, 0.6) is 11.6 Å². The zero-order valence-electron chi connectivity index (χ0n) is 9.58. The molecule has 2 aromatic rings. The van der Waals surface area contributed by atoms with Gasteiger partial charge in [0.15, 0.2) is 0 Å². The summed E-state index contributed by atoms with van der Waals surface area (Å²) < 4.78 is 5.53. The third kappa shape index (κ3) is 2.26. The molecule has 0 fully saturated rings. The Morgan fingerprint density at radius 2 is 1.89 bits per heavy atom. The van der Waals surface area contributed by atoms with Crippen molar-refractivity contribution in [2.24, 2.45) is 0 Å². The normalized spacial score (nSPS) is 9.28. The van der Waals surface area contributed by atoms with Crippen LogP contribution in [0, 0.1) is 29.6 Å². The summed E-state index contributed by atoms with van der Waals surface area (Å²) in [6, 6.07) is 9.00. The quantitative estimate of drug-likeness (QED) is 0.799. The summed E-state index contributed by atoms with van der Waals surface area (Å²) in [5.41, 5.74) is 1.45. The summed E-state index contributed by atoms with van der Waals surface area (Å²) >= 11 is 0. The number of hydrogen-bond donors (Lipinski definition) is 0. The standard InChI is InChI=1S/C13H8N4O/c1-9-2-3-10(7-14)6-12(9)18-13-11(8-15)16-4-5-17-13/h2-6H,1H3. The van der Waals surface area contributed by atoms with Gasteiger partial charge in [0.2, 0.25) is 5.69 Å².